The van der Waals surface area contributed by atoms with Gasteiger partial charge in [-0.15, -0.1) is 0 Å². The predicted molar refractivity (Wildman–Crippen MR) is 179 cm³/mol. The number of benzene rings is 3. The SMILES string of the molecule is CCCCC(c1c(-c2ccccc2)nc(-c2ccccc2)n1CCCC)N(Cc1cccc(C(F)(F)F)c1)CC1CCCCC1. The molecule has 3 nitrogen and oxygen atoms in total. The average Bonchev–Trinajstić information content (AvgIpc) is 3.44. The van der Waals surface area contributed by atoms with Crippen molar-refractivity contribution in [3.8, 4) is 22.6 Å². The summed E-state index contributed by atoms with van der Waals surface area (Å²) in [5, 5.41) is 0. The molecule has 4 aromatic rings. The molecule has 1 heterocycles. The normalized spacial score (nSPS) is 15.1. The summed E-state index contributed by atoms with van der Waals surface area (Å²) in [6, 6.07) is 26.8. The van der Waals surface area contributed by atoms with Crippen LogP contribution in [-0.2, 0) is 19.3 Å². The lowest BCUT2D eigenvalue weighted by Crippen LogP contribution is -2.35. The summed E-state index contributed by atoms with van der Waals surface area (Å²) in [7, 11) is 0. The van der Waals surface area contributed by atoms with Gasteiger partial charge in [-0.3, -0.25) is 4.90 Å². The van der Waals surface area contributed by atoms with Crippen molar-refractivity contribution in [2.24, 2.45) is 5.92 Å². The fraction of sp³-hybridized carbons (Fsp3) is 0.462. The molecule has 1 fully saturated rings. The van der Waals surface area contributed by atoms with E-state index < -0.39 is 11.7 Å². The van der Waals surface area contributed by atoms with Gasteiger partial charge in [0.15, 0.2) is 0 Å². The maximum absolute atomic E-state index is 13.8. The van der Waals surface area contributed by atoms with Crippen LogP contribution in [0.2, 0.25) is 0 Å². The first-order valence-electron chi connectivity index (χ1n) is 17.0. The van der Waals surface area contributed by atoms with Gasteiger partial charge in [0.2, 0.25) is 0 Å². The summed E-state index contributed by atoms with van der Waals surface area (Å²) in [5.74, 6) is 1.51. The van der Waals surface area contributed by atoms with E-state index in [9.17, 15) is 13.2 Å². The third-order valence-electron chi connectivity index (χ3n) is 9.27. The molecule has 0 saturated heterocycles. The van der Waals surface area contributed by atoms with Crippen molar-refractivity contribution < 1.29 is 13.2 Å². The van der Waals surface area contributed by atoms with E-state index in [0.29, 0.717) is 18.0 Å². The second kappa shape index (κ2) is 15.8. The monoisotopic (exact) mass is 615 g/mol. The number of halogens is 3. The van der Waals surface area contributed by atoms with Crippen LogP contribution in [0.1, 0.15) is 101 Å². The standard InChI is InChI=1S/C39H48F3N3/c1-3-5-25-35(44(28-30-17-10-7-11-18-30)29-31-19-16-24-34(27-31)39(40,41)42)37-36(32-20-12-8-13-21-32)43-38(45(37)26-6-4-2)33-22-14-9-15-23-33/h8-9,12-16,19-24,27,30,35H,3-7,10-11,17-18,25-26,28-29H2,1-2H3. The van der Waals surface area contributed by atoms with Gasteiger partial charge in [0.05, 0.1) is 23.0 Å². The fourth-order valence-corrected chi connectivity index (χ4v) is 6.94. The molecule has 0 radical (unpaired) electrons. The lowest BCUT2D eigenvalue weighted by atomic mass is 9.87. The quantitative estimate of drug-likeness (QED) is 0.141. The Balaban J connectivity index is 1.69. The third kappa shape index (κ3) is 8.46. The minimum absolute atomic E-state index is 0.0124. The summed E-state index contributed by atoms with van der Waals surface area (Å²) in [4.78, 5) is 7.92. The molecule has 6 heteroatoms. The number of hydrogen-bond acceptors (Lipinski definition) is 2. The number of alkyl halides is 3. The number of hydrogen-bond donors (Lipinski definition) is 0. The summed E-state index contributed by atoms with van der Waals surface area (Å²) in [6.07, 6.45) is 6.79. The van der Waals surface area contributed by atoms with Crippen LogP contribution in [0.5, 0.6) is 0 Å². The van der Waals surface area contributed by atoms with Crippen molar-refractivity contribution in [1.82, 2.24) is 14.5 Å². The highest BCUT2D eigenvalue weighted by atomic mass is 19.4. The smallest absolute Gasteiger partial charge is 0.326 e. The second-order valence-corrected chi connectivity index (χ2v) is 12.7. The first kappa shape index (κ1) is 33.0. The van der Waals surface area contributed by atoms with Crippen molar-refractivity contribution in [3.05, 3.63) is 102 Å². The topological polar surface area (TPSA) is 21.1 Å². The van der Waals surface area contributed by atoms with Gasteiger partial charge in [0.1, 0.15) is 5.82 Å². The van der Waals surface area contributed by atoms with Gasteiger partial charge >= 0.3 is 6.18 Å². The summed E-state index contributed by atoms with van der Waals surface area (Å²) < 4.78 is 43.9. The van der Waals surface area contributed by atoms with Crippen LogP contribution < -0.4 is 0 Å². The Bertz CT molecular complexity index is 1460. The molecule has 0 aliphatic heterocycles. The summed E-state index contributed by atoms with van der Waals surface area (Å²) in [5.41, 5.74) is 4.49. The molecule has 3 aromatic carbocycles. The van der Waals surface area contributed by atoms with E-state index in [2.05, 4.69) is 71.8 Å². The van der Waals surface area contributed by atoms with E-state index in [1.165, 1.54) is 49.9 Å². The van der Waals surface area contributed by atoms with Crippen LogP contribution >= 0.6 is 0 Å². The number of imidazole rings is 1. The highest BCUT2D eigenvalue weighted by Gasteiger charge is 2.33. The van der Waals surface area contributed by atoms with E-state index in [1.807, 2.05) is 18.2 Å². The minimum atomic E-state index is -4.37. The van der Waals surface area contributed by atoms with Crippen molar-refractivity contribution in [3.63, 3.8) is 0 Å². The van der Waals surface area contributed by atoms with Gasteiger partial charge < -0.3 is 4.57 Å². The molecule has 1 saturated carbocycles. The van der Waals surface area contributed by atoms with Gasteiger partial charge in [-0.2, -0.15) is 13.2 Å². The third-order valence-corrected chi connectivity index (χ3v) is 9.27. The summed E-state index contributed by atoms with van der Waals surface area (Å²) in [6.45, 7) is 6.63. The van der Waals surface area contributed by atoms with Crippen LogP contribution in [-0.4, -0.2) is 21.0 Å². The van der Waals surface area contributed by atoms with Crippen LogP contribution in [0.3, 0.4) is 0 Å². The molecule has 45 heavy (non-hydrogen) atoms. The van der Waals surface area contributed by atoms with Crippen LogP contribution in [0.25, 0.3) is 22.6 Å². The van der Waals surface area contributed by atoms with Gasteiger partial charge in [-0.1, -0.05) is 131 Å². The van der Waals surface area contributed by atoms with Crippen molar-refractivity contribution in [2.45, 2.75) is 103 Å². The molecular weight excluding hydrogens is 567 g/mol. The molecule has 5 rings (SSSR count). The Morgan fingerprint density at radius 2 is 1.49 bits per heavy atom. The largest absolute Gasteiger partial charge is 0.416 e. The molecule has 0 spiro atoms. The molecule has 0 bridgehead atoms. The summed E-state index contributed by atoms with van der Waals surface area (Å²) >= 11 is 0. The predicted octanol–water partition coefficient (Wildman–Crippen LogP) is 11.3. The molecule has 0 N–H and O–H groups in total. The first-order chi connectivity index (χ1) is 21.9. The Labute approximate surface area is 267 Å². The zero-order valence-electron chi connectivity index (χ0n) is 26.9. The van der Waals surface area contributed by atoms with E-state index >= 15 is 0 Å². The lowest BCUT2D eigenvalue weighted by Gasteiger charge is -2.37. The highest BCUT2D eigenvalue weighted by molar-refractivity contribution is 5.69. The molecule has 1 atom stereocenters. The minimum Gasteiger partial charge on any atom is -0.326 e. The molecule has 1 aliphatic rings. The molecule has 1 aromatic heterocycles. The number of rotatable bonds is 14. The zero-order chi connectivity index (χ0) is 31.6. The van der Waals surface area contributed by atoms with Crippen LogP contribution in [0.15, 0.2) is 84.9 Å². The Morgan fingerprint density at radius 3 is 2.13 bits per heavy atom. The number of aromatic nitrogens is 2. The average molecular weight is 616 g/mol. The van der Waals surface area contributed by atoms with Crippen LogP contribution in [0, 0.1) is 5.92 Å². The molecule has 240 valence electrons. The lowest BCUT2D eigenvalue weighted by molar-refractivity contribution is -0.137. The van der Waals surface area contributed by atoms with E-state index in [-0.39, 0.29) is 6.04 Å². The Kier molecular flexibility index (Phi) is 11.6. The highest BCUT2D eigenvalue weighted by Crippen LogP contribution is 2.40. The zero-order valence-corrected chi connectivity index (χ0v) is 26.9. The van der Waals surface area contributed by atoms with Gasteiger partial charge in [0, 0.05) is 30.8 Å². The Morgan fingerprint density at radius 1 is 0.822 bits per heavy atom. The van der Waals surface area contributed by atoms with Gasteiger partial charge in [-0.05, 0) is 43.2 Å². The first-order valence-corrected chi connectivity index (χ1v) is 17.0. The maximum Gasteiger partial charge on any atom is 0.416 e. The molecule has 1 unspecified atom stereocenters. The van der Waals surface area contributed by atoms with Crippen molar-refractivity contribution >= 4 is 0 Å². The number of unbranched alkanes of at least 4 members (excludes halogenated alkanes) is 2. The van der Waals surface area contributed by atoms with Gasteiger partial charge in [-0.25, -0.2) is 4.98 Å². The van der Waals surface area contributed by atoms with Crippen molar-refractivity contribution in [2.75, 3.05) is 6.54 Å². The number of nitrogens with zero attached hydrogens (tertiary/aromatic N) is 3. The second-order valence-electron chi connectivity index (χ2n) is 12.7. The fourth-order valence-electron chi connectivity index (χ4n) is 6.94. The van der Waals surface area contributed by atoms with Gasteiger partial charge in [0.25, 0.3) is 0 Å². The maximum atomic E-state index is 13.8. The molecule has 1 aliphatic carbocycles. The Hall–Kier alpha value is -3.38. The molecule has 0 amide bonds. The van der Waals surface area contributed by atoms with Crippen LogP contribution in [0.4, 0.5) is 13.2 Å². The van der Waals surface area contributed by atoms with E-state index in [0.717, 1.165) is 67.8 Å². The van der Waals surface area contributed by atoms with Crippen molar-refractivity contribution in [1.29, 1.82) is 0 Å². The molecular formula is C39H48F3N3. The van der Waals surface area contributed by atoms with E-state index in [4.69, 9.17) is 4.98 Å². The van der Waals surface area contributed by atoms with E-state index in [1.54, 1.807) is 6.07 Å².